The maximum absolute atomic E-state index is 11.9. The van der Waals surface area contributed by atoms with Crippen molar-refractivity contribution in [3.8, 4) is 0 Å². The zero-order valence-corrected chi connectivity index (χ0v) is 12.0. The van der Waals surface area contributed by atoms with Crippen LogP contribution in [0.2, 0.25) is 0 Å². The van der Waals surface area contributed by atoms with E-state index >= 15 is 0 Å². The second-order valence-electron chi connectivity index (χ2n) is 5.26. The first-order chi connectivity index (χ1) is 9.58. The van der Waals surface area contributed by atoms with Crippen LogP contribution in [-0.2, 0) is 11.2 Å². The van der Waals surface area contributed by atoms with Crippen LogP contribution in [0.4, 0.5) is 0 Å². The number of aromatic amines is 1. The molecule has 108 valence electrons. The third-order valence-electron chi connectivity index (χ3n) is 3.31. The van der Waals surface area contributed by atoms with E-state index in [1.807, 2.05) is 49.5 Å². The number of nitrogens with one attached hydrogen (secondary N) is 2. The molecule has 1 atom stereocenters. The highest BCUT2D eigenvalue weighted by atomic mass is 16.2. The highest BCUT2D eigenvalue weighted by molar-refractivity contribution is 5.86. The Balaban J connectivity index is 1.93. The molecule has 0 aliphatic rings. The number of hydrogen-bond acceptors (Lipinski definition) is 3. The predicted molar refractivity (Wildman–Crippen MR) is 81.5 cm³/mol. The van der Waals surface area contributed by atoms with Gasteiger partial charge < -0.3 is 20.9 Å². The normalized spacial score (nSPS) is 12.8. The number of para-hydroxylation sites is 1. The Bertz CT molecular complexity index is 576. The van der Waals surface area contributed by atoms with Gasteiger partial charge in [-0.25, -0.2) is 0 Å². The van der Waals surface area contributed by atoms with E-state index in [2.05, 4.69) is 10.3 Å². The van der Waals surface area contributed by atoms with Crippen LogP contribution in [0, 0.1) is 0 Å². The monoisotopic (exact) mass is 274 g/mol. The molecule has 0 spiro atoms. The quantitative estimate of drug-likeness (QED) is 0.726. The smallest absolute Gasteiger partial charge is 0.237 e. The zero-order valence-electron chi connectivity index (χ0n) is 12.0. The summed E-state index contributed by atoms with van der Waals surface area (Å²) in [6, 6.07) is 7.51. The van der Waals surface area contributed by atoms with E-state index in [0.29, 0.717) is 13.0 Å². The number of fused-ring (bicyclic) bond motifs is 1. The van der Waals surface area contributed by atoms with E-state index in [1.165, 1.54) is 0 Å². The summed E-state index contributed by atoms with van der Waals surface area (Å²) in [5.41, 5.74) is 8.13. The molecule has 0 fully saturated rings. The first kappa shape index (κ1) is 14.6. The number of aromatic nitrogens is 1. The molecule has 2 rings (SSSR count). The highest BCUT2D eigenvalue weighted by Gasteiger charge is 2.15. The van der Waals surface area contributed by atoms with E-state index in [0.717, 1.165) is 23.0 Å². The fraction of sp³-hybridized carbons (Fsp3) is 0.400. The van der Waals surface area contributed by atoms with Crippen molar-refractivity contribution in [2.75, 3.05) is 27.2 Å². The molecule has 5 heteroatoms. The average Bonchev–Trinajstić information content (AvgIpc) is 2.81. The second-order valence-corrected chi connectivity index (χ2v) is 5.26. The molecular formula is C15H22N4O. The summed E-state index contributed by atoms with van der Waals surface area (Å²) in [7, 11) is 3.94. The number of nitrogens with two attached hydrogens (primary N) is 1. The molecular weight excluding hydrogens is 252 g/mol. The summed E-state index contributed by atoms with van der Waals surface area (Å²) >= 11 is 0. The minimum Gasteiger partial charge on any atom is -0.361 e. The van der Waals surface area contributed by atoms with Gasteiger partial charge in [-0.2, -0.15) is 0 Å². The van der Waals surface area contributed by atoms with Gasteiger partial charge in [-0.3, -0.25) is 4.79 Å². The van der Waals surface area contributed by atoms with Crippen LogP contribution in [0.3, 0.4) is 0 Å². The summed E-state index contributed by atoms with van der Waals surface area (Å²) < 4.78 is 0. The predicted octanol–water partition coefficient (Wildman–Crippen LogP) is 0.716. The Morgan fingerprint density at radius 2 is 2.15 bits per heavy atom. The van der Waals surface area contributed by atoms with Gasteiger partial charge in [-0.05, 0) is 32.1 Å². The van der Waals surface area contributed by atoms with Gasteiger partial charge in [0.1, 0.15) is 0 Å². The molecule has 0 saturated heterocycles. The second kappa shape index (κ2) is 6.54. The minimum atomic E-state index is -0.517. The van der Waals surface area contributed by atoms with Gasteiger partial charge in [0.15, 0.2) is 0 Å². The van der Waals surface area contributed by atoms with Crippen LogP contribution in [0.1, 0.15) is 5.56 Å². The number of likely N-dealkylation sites (N-methyl/N-ethyl adjacent to an activating group) is 1. The van der Waals surface area contributed by atoms with E-state index in [9.17, 15) is 4.79 Å². The summed E-state index contributed by atoms with van der Waals surface area (Å²) in [6.07, 6.45) is 2.47. The molecule has 5 nitrogen and oxygen atoms in total. The maximum Gasteiger partial charge on any atom is 0.237 e. The third-order valence-corrected chi connectivity index (χ3v) is 3.31. The molecule has 2 aromatic rings. The Morgan fingerprint density at radius 3 is 2.90 bits per heavy atom. The van der Waals surface area contributed by atoms with Crippen molar-refractivity contribution in [3.05, 3.63) is 36.0 Å². The molecule has 0 bridgehead atoms. The van der Waals surface area contributed by atoms with Gasteiger partial charge in [0.25, 0.3) is 0 Å². The van der Waals surface area contributed by atoms with Gasteiger partial charge in [0.05, 0.1) is 6.04 Å². The largest absolute Gasteiger partial charge is 0.361 e. The molecule has 20 heavy (non-hydrogen) atoms. The van der Waals surface area contributed by atoms with Gasteiger partial charge >= 0.3 is 0 Å². The first-order valence-corrected chi connectivity index (χ1v) is 6.81. The van der Waals surface area contributed by atoms with E-state index in [-0.39, 0.29) is 5.91 Å². The number of hydrogen-bond donors (Lipinski definition) is 3. The Kier molecular flexibility index (Phi) is 4.76. The van der Waals surface area contributed by atoms with E-state index < -0.39 is 6.04 Å². The number of H-pyrrole nitrogens is 1. The van der Waals surface area contributed by atoms with Crippen molar-refractivity contribution >= 4 is 16.8 Å². The lowest BCUT2D eigenvalue weighted by Crippen LogP contribution is -2.44. The number of carbonyl (C=O) groups is 1. The van der Waals surface area contributed by atoms with E-state index in [1.54, 1.807) is 0 Å². The molecule has 1 aromatic carbocycles. The molecule has 0 saturated carbocycles. The van der Waals surface area contributed by atoms with Crippen molar-refractivity contribution in [2.45, 2.75) is 12.5 Å². The maximum atomic E-state index is 11.9. The summed E-state index contributed by atoms with van der Waals surface area (Å²) in [5, 5.41) is 3.99. The molecule has 0 unspecified atom stereocenters. The standard InChI is InChI=1S/C15H22N4O/c1-19(2)8-7-17-15(20)13(16)9-11-10-18-14-6-4-3-5-12(11)14/h3-6,10,13,18H,7-9,16H2,1-2H3,(H,17,20)/t13-/m1/s1. The number of amides is 1. The molecule has 0 aliphatic carbocycles. The van der Waals surface area contributed by atoms with Crippen LogP contribution in [0.5, 0.6) is 0 Å². The van der Waals surface area contributed by atoms with Crippen LogP contribution in [0.15, 0.2) is 30.5 Å². The molecule has 1 amide bonds. The Morgan fingerprint density at radius 1 is 1.40 bits per heavy atom. The lowest BCUT2D eigenvalue weighted by molar-refractivity contribution is -0.122. The van der Waals surface area contributed by atoms with Crippen molar-refractivity contribution in [1.82, 2.24) is 15.2 Å². The van der Waals surface area contributed by atoms with Gasteiger partial charge in [0, 0.05) is 30.2 Å². The summed E-state index contributed by atoms with van der Waals surface area (Å²) in [4.78, 5) is 17.1. The summed E-state index contributed by atoms with van der Waals surface area (Å²) in [5.74, 6) is -0.0999. The van der Waals surface area contributed by atoms with Crippen LogP contribution < -0.4 is 11.1 Å². The fourth-order valence-corrected chi connectivity index (χ4v) is 2.16. The zero-order chi connectivity index (χ0) is 14.5. The number of benzene rings is 1. The highest BCUT2D eigenvalue weighted by Crippen LogP contribution is 2.18. The molecule has 0 radical (unpaired) electrons. The average molecular weight is 274 g/mol. The summed E-state index contributed by atoms with van der Waals surface area (Å²) in [6.45, 7) is 1.43. The Hall–Kier alpha value is -1.85. The third kappa shape index (κ3) is 3.59. The molecule has 0 aliphatic heterocycles. The van der Waals surface area contributed by atoms with Crippen molar-refractivity contribution in [2.24, 2.45) is 5.73 Å². The van der Waals surface area contributed by atoms with Crippen molar-refractivity contribution < 1.29 is 4.79 Å². The lowest BCUT2D eigenvalue weighted by atomic mass is 10.1. The van der Waals surface area contributed by atoms with Gasteiger partial charge in [-0.1, -0.05) is 18.2 Å². The van der Waals surface area contributed by atoms with Crippen LogP contribution >= 0.6 is 0 Å². The van der Waals surface area contributed by atoms with Gasteiger partial charge in [-0.15, -0.1) is 0 Å². The minimum absolute atomic E-state index is 0.0999. The van der Waals surface area contributed by atoms with Gasteiger partial charge in [0.2, 0.25) is 5.91 Å². The molecule has 4 N–H and O–H groups in total. The Labute approximate surface area is 119 Å². The molecule has 1 aromatic heterocycles. The van der Waals surface area contributed by atoms with Crippen LogP contribution in [0.25, 0.3) is 10.9 Å². The number of nitrogens with zero attached hydrogens (tertiary/aromatic N) is 1. The molecule has 1 heterocycles. The van der Waals surface area contributed by atoms with Crippen LogP contribution in [-0.4, -0.2) is 49.0 Å². The number of carbonyl (C=O) groups excluding carboxylic acids is 1. The van der Waals surface area contributed by atoms with Crippen molar-refractivity contribution in [1.29, 1.82) is 0 Å². The van der Waals surface area contributed by atoms with Crippen molar-refractivity contribution in [3.63, 3.8) is 0 Å². The number of rotatable bonds is 6. The first-order valence-electron chi connectivity index (χ1n) is 6.81. The fourth-order valence-electron chi connectivity index (χ4n) is 2.16. The topological polar surface area (TPSA) is 74.2 Å². The SMILES string of the molecule is CN(C)CCNC(=O)[C@H](N)Cc1c[nH]c2ccccc12. The lowest BCUT2D eigenvalue weighted by Gasteiger charge is -2.14. The van der Waals surface area contributed by atoms with E-state index in [4.69, 9.17) is 5.73 Å².